The summed E-state index contributed by atoms with van der Waals surface area (Å²) in [5, 5.41) is 3.27. The molecular weight excluding hydrogens is 283 g/mol. The van der Waals surface area contributed by atoms with Crippen LogP contribution in [-0.2, 0) is 6.42 Å². The van der Waals surface area contributed by atoms with Gasteiger partial charge >= 0.3 is 0 Å². The van der Waals surface area contributed by atoms with E-state index in [1.54, 1.807) is 19.3 Å². The van der Waals surface area contributed by atoms with E-state index >= 15 is 0 Å². The van der Waals surface area contributed by atoms with Gasteiger partial charge in [-0.25, -0.2) is 4.39 Å². The van der Waals surface area contributed by atoms with Crippen LogP contribution in [0.5, 0.6) is 0 Å². The van der Waals surface area contributed by atoms with Gasteiger partial charge in [-0.15, -0.1) is 0 Å². The van der Waals surface area contributed by atoms with Crippen molar-refractivity contribution in [1.82, 2.24) is 10.3 Å². The molecule has 0 saturated carbocycles. The van der Waals surface area contributed by atoms with E-state index < -0.39 is 5.67 Å². The number of halogens is 2. The molecule has 2 unspecified atom stereocenters. The zero-order chi connectivity index (χ0) is 12.3. The van der Waals surface area contributed by atoms with Gasteiger partial charge in [0.1, 0.15) is 5.67 Å². The first-order valence-corrected chi connectivity index (χ1v) is 6.86. The Kier molecular flexibility index (Phi) is 4.15. The number of pyridine rings is 1. The minimum Gasteiger partial charge on any atom is -0.316 e. The lowest BCUT2D eigenvalue weighted by molar-refractivity contribution is 0.0832. The second kappa shape index (κ2) is 5.44. The zero-order valence-electron chi connectivity index (χ0n) is 10.0. The summed E-state index contributed by atoms with van der Waals surface area (Å²) in [5.41, 5.74) is -0.203. The summed E-state index contributed by atoms with van der Waals surface area (Å²) in [7, 11) is 0. The van der Waals surface area contributed by atoms with Crippen LogP contribution in [0.1, 0.15) is 25.3 Å². The van der Waals surface area contributed by atoms with E-state index in [4.69, 9.17) is 0 Å². The third-order valence-corrected chi connectivity index (χ3v) is 3.89. The number of nitrogens with one attached hydrogen (secondary N) is 1. The molecule has 4 heteroatoms. The van der Waals surface area contributed by atoms with E-state index in [2.05, 4.69) is 26.2 Å². The van der Waals surface area contributed by atoms with Crippen molar-refractivity contribution >= 4 is 15.9 Å². The highest BCUT2D eigenvalue weighted by atomic mass is 79.9. The van der Waals surface area contributed by atoms with E-state index in [-0.39, 0.29) is 5.92 Å². The van der Waals surface area contributed by atoms with Crippen molar-refractivity contribution in [3.63, 3.8) is 0 Å². The van der Waals surface area contributed by atoms with E-state index in [0.717, 1.165) is 36.0 Å². The molecule has 0 amide bonds. The van der Waals surface area contributed by atoms with Gasteiger partial charge in [-0.3, -0.25) is 4.98 Å². The number of nitrogens with zero attached hydrogens (tertiary/aromatic N) is 1. The average molecular weight is 301 g/mol. The van der Waals surface area contributed by atoms with Gasteiger partial charge < -0.3 is 5.32 Å². The predicted octanol–water partition coefficient (Wildman–Crippen LogP) is 3.11. The van der Waals surface area contributed by atoms with Gasteiger partial charge in [-0.1, -0.05) is 0 Å². The first kappa shape index (κ1) is 13.0. The Morgan fingerprint density at radius 3 is 3.06 bits per heavy atom. The van der Waals surface area contributed by atoms with Crippen LogP contribution in [0.25, 0.3) is 0 Å². The van der Waals surface area contributed by atoms with Crippen LogP contribution in [0, 0.1) is 5.92 Å². The summed E-state index contributed by atoms with van der Waals surface area (Å²) in [6.45, 7) is 3.52. The summed E-state index contributed by atoms with van der Waals surface area (Å²) in [4.78, 5) is 4.08. The van der Waals surface area contributed by atoms with Crippen LogP contribution in [0.15, 0.2) is 22.9 Å². The van der Waals surface area contributed by atoms with Gasteiger partial charge in [-0.2, -0.15) is 0 Å². The first-order chi connectivity index (χ1) is 8.08. The lowest BCUT2D eigenvalue weighted by Crippen LogP contribution is -2.42. The van der Waals surface area contributed by atoms with Crippen molar-refractivity contribution in [2.24, 2.45) is 5.92 Å². The molecule has 1 aromatic rings. The highest BCUT2D eigenvalue weighted by Crippen LogP contribution is 2.31. The number of hydrogen-bond donors (Lipinski definition) is 1. The lowest BCUT2D eigenvalue weighted by Gasteiger charge is -2.33. The number of hydrogen-bond acceptors (Lipinski definition) is 2. The molecule has 1 N–H and O–H groups in total. The molecule has 2 nitrogen and oxygen atoms in total. The van der Waals surface area contributed by atoms with Crippen LogP contribution in [0.4, 0.5) is 4.39 Å². The Morgan fingerprint density at radius 1 is 1.59 bits per heavy atom. The van der Waals surface area contributed by atoms with Crippen molar-refractivity contribution in [2.45, 2.75) is 31.9 Å². The Hall–Kier alpha value is -0.480. The molecule has 0 aliphatic carbocycles. The van der Waals surface area contributed by atoms with Crippen molar-refractivity contribution in [3.05, 3.63) is 28.5 Å². The van der Waals surface area contributed by atoms with Crippen LogP contribution in [0.2, 0.25) is 0 Å². The SMILES string of the molecule is CC(F)(Cc1cncc(Br)c1)C1CCCNC1. The second-order valence-electron chi connectivity index (χ2n) is 5.01. The van der Waals surface area contributed by atoms with E-state index in [0.29, 0.717) is 6.42 Å². The molecule has 0 aromatic carbocycles. The first-order valence-electron chi connectivity index (χ1n) is 6.07. The molecule has 2 heterocycles. The molecule has 17 heavy (non-hydrogen) atoms. The molecule has 1 aliphatic heterocycles. The summed E-state index contributed by atoms with van der Waals surface area (Å²) < 4.78 is 15.6. The topological polar surface area (TPSA) is 24.9 Å². The second-order valence-corrected chi connectivity index (χ2v) is 5.93. The highest BCUT2D eigenvalue weighted by Gasteiger charge is 2.35. The van der Waals surface area contributed by atoms with Crippen LogP contribution < -0.4 is 5.32 Å². The third-order valence-electron chi connectivity index (χ3n) is 3.46. The van der Waals surface area contributed by atoms with Crippen molar-refractivity contribution < 1.29 is 4.39 Å². The molecule has 1 saturated heterocycles. The number of rotatable bonds is 3. The summed E-state index contributed by atoms with van der Waals surface area (Å²) in [5.74, 6) is 0.107. The average Bonchev–Trinajstić information content (AvgIpc) is 2.29. The Bertz CT molecular complexity index is 375. The number of alkyl halides is 1. The minimum absolute atomic E-state index is 0.107. The largest absolute Gasteiger partial charge is 0.316 e. The van der Waals surface area contributed by atoms with Crippen molar-refractivity contribution in [3.8, 4) is 0 Å². The fourth-order valence-electron chi connectivity index (χ4n) is 2.46. The predicted molar refractivity (Wildman–Crippen MR) is 70.7 cm³/mol. The molecule has 94 valence electrons. The van der Waals surface area contributed by atoms with Gasteiger partial charge in [0.05, 0.1) is 0 Å². The van der Waals surface area contributed by atoms with Gasteiger partial charge in [-0.05, 0) is 53.9 Å². The number of aromatic nitrogens is 1. The van der Waals surface area contributed by atoms with Crippen LogP contribution in [0.3, 0.4) is 0 Å². The summed E-state index contributed by atoms with van der Waals surface area (Å²) >= 11 is 3.37. The van der Waals surface area contributed by atoms with E-state index in [1.807, 2.05) is 6.07 Å². The fourth-order valence-corrected chi connectivity index (χ4v) is 2.87. The molecule has 1 fully saturated rings. The van der Waals surface area contributed by atoms with Crippen LogP contribution in [-0.4, -0.2) is 23.7 Å². The molecule has 1 aromatic heterocycles. The normalized spacial score (nSPS) is 24.3. The van der Waals surface area contributed by atoms with Crippen molar-refractivity contribution in [1.29, 1.82) is 0 Å². The monoisotopic (exact) mass is 300 g/mol. The van der Waals surface area contributed by atoms with E-state index in [9.17, 15) is 4.39 Å². The third kappa shape index (κ3) is 3.49. The molecule has 0 bridgehead atoms. The molecule has 2 rings (SSSR count). The Labute approximate surface area is 110 Å². The zero-order valence-corrected chi connectivity index (χ0v) is 11.6. The molecular formula is C13H18BrFN2. The molecule has 2 atom stereocenters. The van der Waals surface area contributed by atoms with Gasteiger partial charge in [0.2, 0.25) is 0 Å². The molecule has 1 aliphatic rings. The maximum Gasteiger partial charge on any atom is 0.116 e. The molecule has 0 radical (unpaired) electrons. The number of piperidine rings is 1. The van der Waals surface area contributed by atoms with Gasteiger partial charge in [0, 0.05) is 35.7 Å². The summed E-state index contributed by atoms with van der Waals surface area (Å²) in [6.07, 6.45) is 5.95. The quantitative estimate of drug-likeness (QED) is 0.928. The smallest absolute Gasteiger partial charge is 0.116 e. The Balaban J connectivity index is 2.05. The lowest BCUT2D eigenvalue weighted by atomic mass is 9.81. The fraction of sp³-hybridized carbons (Fsp3) is 0.615. The Morgan fingerprint density at radius 2 is 2.41 bits per heavy atom. The van der Waals surface area contributed by atoms with Crippen LogP contribution >= 0.6 is 15.9 Å². The van der Waals surface area contributed by atoms with E-state index in [1.165, 1.54) is 0 Å². The molecule has 0 spiro atoms. The van der Waals surface area contributed by atoms with Crippen molar-refractivity contribution in [2.75, 3.05) is 13.1 Å². The maximum absolute atomic E-state index is 14.7. The summed E-state index contributed by atoms with van der Waals surface area (Å²) in [6, 6.07) is 1.95. The minimum atomic E-state index is -1.16. The highest BCUT2D eigenvalue weighted by molar-refractivity contribution is 9.10. The van der Waals surface area contributed by atoms with Gasteiger partial charge in [0.15, 0.2) is 0 Å². The van der Waals surface area contributed by atoms with Gasteiger partial charge in [0.25, 0.3) is 0 Å². The maximum atomic E-state index is 14.7. The standard InChI is InChI=1S/C13H18BrFN2/c1-13(15,11-3-2-4-16-8-11)6-10-5-12(14)9-17-7-10/h5,7,9,11,16H,2-4,6,8H2,1H3.